The van der Waals surface area contributed by atoms with Crippen molar-refractivity contribution in [1.29, 1.82) is 0 Å². The minimum absolute atomic E-state index is 0.144. The Kier molecular flexibility index (Phi) is 2.88. The van der Waals surface area contributed by atoms with Gasteiger partial charge in [0, 0.05) is 17.1 Å². The van der Waals surface area contributed by atoms with Crippen LogP contribution in [0, 0.1) is 5.82 Å². The number of halogens is 1. The van der Waals surface area contributed by atoms with E-state index in [1.807, 2.05) is 18.3 Å². The molecule has 0 amide bonds. The van der Waals surface area contributed by atoms with Gasteiger partial charge in [0.25, 0.3) is 0 Å². The van der Waals surface area contributed by atoms with Gasteiger partial charge in [0.15, 0.2) is 0 Å². The molecule has 1 aromatic heterocycles. The second-order valence-electron chi connectivity index (χ2n) is 5.74. The summed E-state index contributed by atoms with van der Waals surface area (Å²) in [6.45, 7) is 0. The van der Waals surface area contributed by atoms with Crippen molar-refractivity contribution in [3.05, 3.63) is 60.0 Å². The number of rotatable bonds is 3. The highest BCUT2D eigenvalue weighted by Crippen LogP contribution is 2.38. The third-order valence-electron chi connectivity index (χ3n) is 4.27. The Morgan fingerprint density at radius 2 is 2.05 bits per heavy atom. The fraction of sp³-hybridized carbons (Fsp3) is 0.235. The molecule has 1 saturated carbocycles. The molecule has 1 aliphatic rings. The normalized spacial score (nSPS) is 21.2. The fourth-order valence-electron chi connectivity index (χ4n) is 3.04. The second kappa shape index (κ2) is 4.88. The number of H-pyrrole nitrogens is 1. The smallest absolute Gasteiger partial charge is 0.123 e. The van der Waals surface area contributed by atoms with E-state index >= 15 is 0 Å². The van der Waals surface area contributed by atoms with E-state index in [2.05, 4.69) is 27.6 Å². The van der Waals surface area contributed by atoms with E-state index in [-0.39, 0.29) is 5.82 Å². The summed E-state index contributed by atoms with van der Waals surface area (Å²) in [5.74, 6) is 0.324. The molecule has 1 aliphatic carbocycles. The average Bonchev–Trinajstić information content (AvgIpc) is 2.89. The maximum absolute atomic E-state index is 13.2. The van der Waals surface area contributed by atoms with Crippen LogP contribution in [0.4, 0.5) is 10.1 Å². The number of nitrogens with one attached hydrogen (secondary N) is 2. The molecule has 0 unspecified atom stereocenters. The van der Waals surface area contributed by atoms with Crippen LogP contribution >= 0.6 is 0 Å². The van der Waals surface area contributed by atoms with Gasteiger partial charge in [-0.2, -0.15) is 5.10 Å². The Hall–Kier alpha value is -2.36. The third kappa shape index (κ3) is 2.37. The fourth-order valence-corrected chi connectivity index (χ4v) is 3.04. The lowest BCUT2D eigenvalue weighted by Crippen LogP contribution is -2.34. The minimum Gasteiger partial charge on any atom is -0.382 e. The zero-order chi connectivity index (χ0) is 14.2. The maximum Gasteiger partial charge on any atom is 0.123 e. The first-order chi connectivity index (χ1) is 10.3. The molecule has 0 radical (unpaired) electrons. The SMILES string of the molecule is Fc1cccc(C2CC(Nc3ccc4[nH]ncc4c3)C2)c1. The van der Waals surface area contributed by atoms with Crippen LogP contribution in [0.3, 0.4) is 0 Å². The van der Waals surface area contributed by atoms with Gasteiger partial charge in [-0.25, -0.2) is 4.39 Å². The third-order valence-corrected chi connectivity index (χ3v) is 4.27. The topological polar surface area (TPSA) is 40.7 Å². The van der Waals surface area contributed by atoms with E-state index in [9.17, 15) is 4.39 Å². The Morgan fingerprint density at radius 3 is 2.90 bits per heavy atom. The van der Waals surface area contributed by atoms with Gasteiger partial charge in [-0.3, -0.25) is 5.10 Å². The van der Waals surface area contributed by atoms with Gasteiger partial charge in [-0.15, -0.1) is 0 Å². The van der Waals surface area contributed by atoms with Gasteiger partial charge < -0.3 is 5.32 Å². The molecule has 0 bridgehead atoms. The van der Waals surface area contributed by atoms with Crippen molar-refractivity contribution in [3.8, 4) is 0 Å². The van der Waals surface area contributed by atoms with Gasteiger partial charge in [-0.05, 0) is 54.7 Å². The molecule has 0 saturated heterocycles. The molecule has 3 nitrogen and oxygen atoms in total. The first-order valence-corrected chi connectivity index (χ1v) is 7.23. The monoisotopic (exact) mass is 281 g/mol. The quantitative estimate of drug-likeness (QED) is 0.760. The van der Waals surface area contributed by atoms with Crippen molar-refractivity contribution in [2.24, 2.45) is 0 Å². The number of aromatic nitrogens is 2. The van der Waals surface area contributed by atoms with Crippen LogP contribution in [-0.4, -0.2) is 16.2 Å². The highest BCUT2D eigenvalue weighted by molar-refractivity contribution is 5.81. The molecule has 3 aromatic rings. The number of fused-ring (bicyclic) bond motifs is 1. The number of hydrogen-bond donors (Lipinski definition) is 2. The van der Waals surface area contributed by atoms with Crippen molar-refractivity contribution >= 4 is 16.6 Å². The summed E-state index contributed by atoms with van der Waals surface area (Å²) in [7, 11) is 0. The van der Waals surface area contributed by atoms with Crippen molar-refractivity contribution in [1.82, 2.24) is 10.2 Å². The number of nitrogens with zero attached hydrogens (tertiary/aromatic N) is 1. The van der Waals surface area contributed by atoms with Gasteiger partial charge in [0.2, 0.25) is 0 Å². The zero-order valence-electron chi connectivity index (χ0n) is 11.5. The Morgan fingerprint density at radius 1 is 1.14 bits per heavy atom. The minimum atomic E-state index is -0.144. The van der Waals surface area contributed by atoms with E-state index in [0.717, 1.165) is 35.0 Å². The van der Waals surface area contributed by atoms with Crippen LogP contribution in [-0.2, 0) is 0 Å². The van der Waals surface area contributed by atoms with E-state index < -0.39 is 0 Å². The molecule has 2 N–H and O–H groups in total. The molecular weight excluding hydrogens is 265 g/mol. The number of benzene rings is 2. The summed E-state index contributed by atoms with van der Waals surface area (Å²) >= 11 is 0. The van der Waals surface area contributed by atoms with E-state index in [1.165, 1.54) is 6.07 Å². The predicted octanol–water partition coefficient (Wildman–Crippen LogP) is 4.06. The Bertz CT molecular complexity index is 774. The molecule has 4 rings (SSSR count). The van der Waals surface area contributed by atoms with Crippen molar-refractivity contribution < 1.29 is 4.39 Å². The highest BCUT2D eigenvalue weighted by atomic mass is 19.1. The summed E-state index contributed by atoms with van der Waals surface area (Å²) in [5, 5.41) is 11.6. The van der Waals surface area contributed by atoms with Gasteiger partial charge in [0.05, 0.1) is 11.7 Å². The van der Waals surface area contributed by atoms with Gasteiger partial charge in [-0.1, -0.05) is 12.1 Å². The number of anilines is 1. The van der Waals surface area contributed by atoms with Crippen molar-refractivity contribution in [3.63, 3.8) is 0 Å². The Labute approximate surface area is 122 Å². The first kappa shape index (κ1) is 12.4. The van der Waals surface area contributed by atoms with Crippen molar-refractivity contribution in [2.75, 3.05) is 5.32 Å². The molecule has 2 aromatic carbocycles. The number of hydrogen-bond acceptors (Lipinski definition) is 2. The van der Waals surface area contributed by atoms with Crippen molar-refractivity contribution in [2.45, 2.75) is 24.8 Å². The summed E-state index contributed by atoms with van der Waals surface area (Å²) in [4.78, 5) is 0. The van der Waals surface area contributed by atoms with Crippen LogP contribution in [0.1, 0.15) is 24.3 Å². The van der Waals surface area contributed by atoms with Crippen LogP contribution in [0.25, 0.3) is 10.9 Å². The number of aromatic amines is 1. The van der Waals surface area contributed by atoms with E-state index in [1.54, 1.807) is 12.1 Å². The molecule has 0 aliphatic heterocycles. The van der Waals surface area contributed by atoms with Gasteiger partial charge in [0.1, 0.15) is 5.82 Å². The largest absolute Gasteiger partial charge is 0.382 e. The second-order valence-corrected chi connectivity index (χ2v) is 5.74. The van der Waals surface area contributed by atoms with Crippen LogP contribution < -0.4 is 5.32 Å². The molecule has 106 valence electrons. The zero-order valence-corrected chi connectivity index (χ0v) is 11.5. The summed E-state index contributed by atoms with van der Waals surface area (Å²) < 4.78 is 13.2. The molecular formula is C17H16FN3. The molecule has 0 spiro atoms. The molecule has 1 fully saturated rings. The van der Waals surface area contributed by atoms with Crippen LogP contribution in [0.5, 0.6) is 0 Å². The molecule has 4 heteroatoms. The molecule has 21 heavy (non-hydrogen) atoms. The Balaban J connectivity index is 1.41. The molecule has 1 heterocycles. The van der Waals surface area contributed by atoms with Crippen LogP contribution in [0.15, 0.2) is 48.7 Å². The van der Waals surface area contributed by atoms with Crippen LogP contribution in [0.2, 0.25) is 0 Å². The van der Waals surface area contributed by atoms with E-state index in [4.69, 9.17) is 0 Å². The summed E-state index contributed by atoms with van der Waals surface area (Å²) in [6, 6.07) is 13.6. The molecule has 0 atom stereocenters. The van der Waals surface area contributed by atoms with Gasteiger partial charge >= 0.3 is 0 Å². The lowest BCUT2D eigenvalue weighted by molar-refractivity contribution is 0.373. The summed E-state index contributed by atoms with van der Waals surface area (Å²) in [5.41, 5.74) is 3.27. The summed E-state index contributed by atoms with van der Waals surface area (Å²) in [6.07, 6.45) is 3.93. The highest BCUT2D eigenvalue weighted by Gasteiger charge is 2.30. The lowest BCUT2D eigenvalue weighted by atomic mass is 9.76. The van der Waals surface area contributed by atoms with E-state index in [0.29, 0.717) is 12.0 Å². The average molecular weight is 281 g/mol. The standard InChI is InChI=1S/C17H16FN3/c18-14-3-1-2-11(6-14)12-7-16(8-12)20-15-4-5-17-13(9-15)10-19-21-17/h1-6,9-10,12,16,20H,7-8H2,(H,19,21). The first-order valence-electron chi connectivity index (χ1n) is 7.23. The maximum atomic E-state index is 13.2. The lowest BCUT2D eigenvalue weighted by Gasteiger charge is -2.37. The predicted molar refractivity (Wildman–Crippen MR) is 81.9 cm³/mol.